The van der Waals surface area contributed by atoms with Gasteiger partial charge < -0.3 is 34.2 Å². The van der Waals surface area contributed by atoms with E-state index in [0.29, 0.717) is 58.1 Å². The SMILES string of the molecule is COCCCN1C(=O)C(C)(C)Cc2ccc(N(C(=O)[C@@H]3C[C@H](C(=O)NCC4CCOCC4)CN(C(=O)OC(C)(C)C)C3)C3CC3)cc21. The van der Waals surface area contributed by atoms with Crippen molar-refractivity contribution in [1.29, 1.82) is 0 Å². The largest absolute Gasteiger partial charge is 0.444 e. The number of anilines is 2. The van der Waals surface area contributed by atoms with E-state index in [0.717, 1.165) is 42.6 Å². The fourth-order valence-corrected chi connectivity index (χ4v) is 7.05. The Balaban J connectivity index is 1.39. The predicted octanol–water partition coefficient (Wildman–Crippen LogP) is 4.55. The highest BCUT2D eigenvalue weighted by Crippen LogP contribution is 2.42. The van der Waals surface area contributed by atoms with Crippen LogP contribution in [0.15, 0.2) is 18.2 Å². The maximum Gasteiger partial charge on any atom is 0.410 e. The summed E-state index contributed by atoms with van der Waals surface area (Å²) >= 11 is 0. The van der Waals surface area contributed by atoms with Crippen LogP contribution < -0.4 is 15.1 Å². The Morgan fingerprint density at radius 2 is 1.77 bits per heavy atom. The van der Waals surface area contributed by atoms with E-state index in [2.05, 4.69) is 5.32 Å². The van der Waals surface area contributed by atoms with Gasteiger partial charge in [-0.3, -0.25) is 14.4 Å². The Bertz CT molecular complexity index is 1310. The second kappa shape index (κ2) is 14.5. The van der Waals surface area contributed by atoms with E-state index in [9.17, 15) is 19.2 Å². The lowest BCUT2D eigenvalue weighted by Gasteiger charge is -2.40. The van der Waals surface area contributed by atoms with Crippen molar-refractivity contribution in [2.75, 3.05) is 62.9 Å². The molecule has 3 heterocycles. The minimum absolute atomic E-state index is 0.0379. The van der Waals surface area contributed by atoms with Gasteiger partial charge in [-0.15, -0.1) is 0 Å². The zero-order chi connectivity index (χ0) is 33.9. The summed E-state index contributed by atoms with van der Waals surface area (Å²) in [6, 6.07) is 6.06. The Hall–Kier alpha value is -3.18. The molecule has 47 heavy (non-hydrogen) atoms. The van der Waals surface area contributed by atoms with Gasteiger partial charge in [-0.25, -0.2) is 4.79 Å². The lowest BCUT2D eigenvalue weighted by Crippen LogP contribution is -2.54. The first-order chi connectivity index (χ1) is 22.3. The van der Waals surface area contributed by atoms with E-state index >= 15 is 0 Å². The smallest absolute Gasteiger partial charge is 0.410 e. The molecular weight excluding hydrogens is 600 g/mol. The zero-order valence-electron chi connectivity index (χ0n) is 29.1. The maximum atomic E-state index is 14.5. The van der Waals surface area contributed by atoms with E-state index < -0.39 is 28.9 Å². The molecule has 1 N–H and O–H groups in total. The highest BCUT2D eigenvalue weighted by Gasteiger charge is 2.44. The van der Waals surface area contributed by atoms with E-state index in [1.54, 1.807) is 7.11 Å². The number of piperidine rings is 1. The molecule has 0 aromatic heterocycles. The highest BCUT2D eigenvalue weighted by atomic mass is 16.6. The Morgan fingerprint density at radius 1 is 1.06 bits per heavy atom. The van der Waals surface area contributed by atoms with E-state index in [1.165, 1.54) is 4.90 Å². The first-order valence-corrected chi connectivity index (χ1v) is 17.4. The molecule has 3 fully saturated rings. The predicted molar refractivity (Wildman–Crippen MR) is 179 cm³/mol. The van der Waals surface area contributed by atoms with Crippen LogP contribution in [0.3, 0.4) is 0 Å². The zero-order valence-corrected chi connectivity index (χ0v) is 29.1. The van der Waals surface area contributed by atoms with E-state index in [4.69, 9.17) is 14.2 Å². The van der Waals surface area contributed by atoms with Crippen molar-refractivity contribution in [1.82, 2.24) is 10.2 Å². The second-order valence-corrected chi connectivity index (χ2v) is 15.4. The number of carbonyl (C=O) groups excluding carboxylic acids is 4. The molecule has 5 rings (SSSR count). The molecule has 11 heteroatoms. The molecule has 260 valence electrons. The van der Waals surface area contributed by atoms with Crippen molar-refractivity contribution >= 4 is 35.2 Å². The molecule has 3 aliphatic heterocycles. The van der Waals surface area contributed by atoms with Gasteiger partial charge in [0.25, 0.3) is 0 Å². The molecule has 0 radical (unpaired) electrons. The topological polar surface area (TPSA) is 118 Å². The van der Waals surface area contributed by atoms with Gasteiger partial charge in [-0.2, -0.15) is 0 Å². The summed E-state index contributed by atoms with van der Waals surface area (Å²) in [5.74, 6) is -0.927. The summed E-state index contributed by atoms with van der Waals surface area (Å²) < 4.78 is 16.4. The van der Waals surface area contributed by atoms with Crippen LogP contribution in [0.2, 0.25) is 0 Å². The van der Waals surface area contributed by atoms with Crippen LogP contribution in [0, 0.1) is 23.2 Å². The number of hydrogen-bond donors (Lipinski definition) is 1. The molecule has 4 aliphatic rings. The van der Waals surface area contributed by atoms with Crippen LogP contribution in [0.25, 0.3) is 0 Å². The molecular formula is C36H54N4O7. The summed E-state index contributed by atoms with van der Waals surface area (Å²) in [7, 11) is 1.66. The number of carbonyl (C=O) groups is 4. The normalized spacial score (nSPS) is 23.2. The lowest BCUT2D eigenvalue weighted by atomic mass is 9.80. The van der Waals surface area contributed by atoms with Crippen LogP contribution >= 0.6 is 0 Å². The fraction of sp³-hybridized carbons (Fsp3) is 0.722. The van der Waals surface area contributed by atoms with Crippen LogP contribution in [-0.2, 0) is 35.0 Å². The number of methoxy groups -OCH3 is 1. The maximum absolute atomic E-state index is 14.5. The molecule has 1 aliphatic carbocycles. The van der Waals surface area contributed by atoms with Crippen LogP contribution in [0.5, 0.6) is 0 Å². The fourth-order valence-electron chi connectivity index (χ4n) is 7.05. The Morgan fingerprint density at radius 3 is 2.43 bits per heavy atom. The molecule has 0 unspecified atom stereocenters. The first-order valence-electron chi connectivity index (χ1n) is 17.4. The van der Waals surface area contributed by atoms with Crippen LogP contribution in [0.4, 0.5) is 16.2 Å². The monoisotopic (exact) mass is 654 g/mol. The molecule has 1 aromatic carbocycles. The molecule has 0 bridgehead atoms. The standard InChI is InChI=1S/C36H54N4O7/c1-35(2,3)47-34(44)38-22-26(31(41)37-21-24-12-16-46-17-13-24)18-27(23-38)32(42)40(28-10-11-28)29-9-8-25-20-36(4,5)33(43)39(30(25)19-29)14-7-15-45-6/h8-9,19,24,26-28H,7,10-18,20-23H2,1-6H3,(H,37,41)/t26-,27+/m0/s1. The van der Waals surface area contributed by atoms with Gasteiger partial charge in [0.15, 0.2) is 0 Å². The number of fused-ring (bicyclic) bond motifs is 1. The third-order valence-corrected chi connectivity index (χ3v) is 9.70. The average molecular weight is 655 g/mol. The summed E-state index contributed by atoms with van der Waals surface area (Å²) in [5.41, 5.74) is 1.43. The van der Waals surface area contributed by atoms with Crippen molar-refractivity contribution in [2.45, 2.75) is 91.2 Å². The van der Waals surface area contributed by atoms with Gasteiger partial charge in [0, 0.05) is 75.9 Å². The van der Waals surface area contributed by atoms with Crippen molar-refractivity contribution < 1.29 is 33.4 Å². The summed E-state index contributed by atoms with van der Waals surface area (Å²) in [4.78, 5) is 60.2. The Labute approximate surface area is 279 Å². The van der Waals surface area contributed by atoms with Gasteiger partial charge >= 0.3 is 6.09 Å². The van der Waals surface area contributed by atoms with E-state index in [1.807, 2.05) is 62.6 Å². The second-order valence-electron chi connectivity index (χ2n) is 15.4. The van der Waals surface area contributed by atoms with E-state index in [-0.39, 0.29) is 36.9 Å². The molecule has 2 atom stereocenters. The first kappa shape index (κ1) is 35.1. The van der Waals surface area contributed by atoms with Crippen molar-refractivity contribution in [3.8, 4) is 0 Å². The van der Waals surface area contributed by atoms with Crippen molar-refractivity contribution in [3.05, 3.63) is 23.8 Å². The Kier molecular flexibility index (Phi) is 10.9. The minimum Gasteiger partial charge on any atom is -0.444 e. The van der Waals surface area contributed by atoms with Crippen molar-refractivity contribution in [3.63, 3.8) is 0 Å². The number of hydrogen-bond acceptors (Lipinski definition) is 7. The van der Waals surface area contributed by atoms with Crippen molar-refractivity contribution in [2.24, 2.45) is 23.2 Å². The quantitative estimate of drug-likeness (QED) is 0.368. The number of rotatable bonds is 10. The third kappa shape index (κ3) is 8.65. The van der Waals surface area contributed by atoms with Gasteiger partial charge in [-0.05, 0) is 89.3 Å². The molecule has 0 spiro atoms. The average Bonchev–Trinajstić information content (AvgIpc) is 3.86. The number of benzene rings is 1. The van der Waals surface area contributed by atoms with Gasteiger partial charge in [-0.1, -0.05) is 19.9 Å². The highest BCUT2D eigenvalue weighted by molar-refractivity contribution is 6.02. The molecule has 11 nitrogen and oxygen atoms in total. The van der Waals surface area contributed by atoms with Gasteiger partial charge in [0.1, 0.15) is 5.60 Å². The molecule has 1 saturated carbocycles. The van der Waals surface area contributed by atoms with Crippen LogP contribution in [0.1, 0.15) is 78.7 Å². The number of ether oxygens (including phenoxy) is 3. The number of nitrogens with one attached hydrogen (secondary N) is 1. The minimum atomic E-state index is -0.709. The summed E-state index contributed by atoms with van der Waals surface area (Å²) in [6.07, 6.45) is 4.72. The number of amides is 4. The van der Waals surface area contributed by atoms with Gasteiger partial charge in [0.05, 0.1) is 11.8 Å². The number of nitrogens with zero attached hydrogens (tertiary/aromatic N) is 3. The summed E-state index contributed by atoms with van der Waals surface area (Å²) in [5, 5.41) is 3.11. The van der Waals surface area contributed by atoms with Crippen LogP contribution in [-0.4, -0.2) is 93.5 Å². The number of likely N-dealkylation sites (tertiary alicyclic amines) is 1. The van der Waals surface area contributed by atoms with Gasteiger partial charge in [0.2, 0.25) is 17.7 Å². The molecule has 1 aromatic rings. The summed E-state index contributed by atoms with van der Waals surface area (Å²) in [6.45, 7) is 12.8. The third-order valence-electron chi connectivity index (χ3n) is 9.70. The molecule has 2 saturated heterocycles. The molecule has 4 amide bonds. The lowest BCUT2D eigenvalue weighted by molar-refractivity contribution is -0.131.